The summed E-state index contributed by atoms with van der Waals surface area (Å²) in [5.74, 6) is -2.59. The lowest BCUT2D eigenvalue weighted by molar-refractivity contribution is 0.275. The monoisotopic (exact) mass is 556 g/mol. The van der Waals surface area contributed by atoms with Crippen LogP contribution < -0.4 is 15.7 Å². The van der Waals surface area contributed by atoms with Crippen molar-refractivity contribution in [3.63, 3.8) is 0 Å². The maximum atomic E-state index is 15.6. The fourth-order valence-corrected chi connectivity index (χ4v) is 5.60. The van der Waals surface area contributed by atoms with Gasteiger partial charge in [0.15, 0.2) is 11.5 Å². The van der Waals surface area contributed by atoms with Crippen molar-refractivity contribution in [3.05, 3.63) is 76.2 Å². The molecule has 1 saturated heterocycles. The Balaban J connectivity index is 1.82. The Labute approximate surface area is 223 Å². The van der Waals surface area contributed by atoms with Crippen molar-refractivity contribution >= 4 is 26.9 Å². The lowest BCUT2D eigenvalue weighted by Gasteiger charge is -2.39. The zero-order valence-corrected chi connectivity index (χ0v) is 22.0. The third-order valence-electron chi connectivity index (χ3n) is 6.67. The summed E-state index contributed by atoms with van der Waals surface area (Å²) in [6, 6.07) is 10.7. The Bertz CT molecular complexity index is 1740. The minimum Gasteiger partial charge on any atom is -0.507 e. The Morgan fingerprint density at radius 1 is 1.08 bits per heavy atom. The fraction of sp³-hybridized carbons (Fsp3) is 0.269. The molecule has 0 radical (unpaired) electrons. The number of hydrogen-bond donors (Lipinski definition) is 2. The molecule has 2 aromatic carbocycles. The molecule has 2 aromatic heterocycles. The Kier molecular flexibility index (Phi) is 6.83. The van der Waals surface area contributed by atoms with E-state index >= 15 is 4.39 Å². The number of rotatable bonds is 5. The van der Waals surface area contributed by atoms with Gasteiger partial charge in [-0.1, -0.05) is 18.2 Å². The summed E-state index contributed by atoms with van der Waals surface area (Å²) < 4.78 is 54.8. The van der Waals surface area contributed by atoms with Gasteiger partial charge in [0, 0.05) is 25.7 Å². The van der Waals surface area contributed by atoms with Crippen LogP contribution in [-0.2, 0) is 15.8 Å². The number of aromatic hydroxyl groups is 1. The molecule has 4 aromatic rings. The molecule has 10 nitrogen and oxygen atoms in total. The highest BCUT2D eigenvalue weighted by atomic mass is 32.2. The summed E-state index contributed by atoms with van der Waals surface area (Å²) >= 11 is 0. The van der Waals surface area contributed by atoms with Crippen LogP contribution >= 0.6 is 0 Å². The van der Waals surface area contributed by atoms with Crippen molar-refractivity contribution in [1.29, 1.82) is 0 Å². The van der Waals surface area contributed by atoms with Crippen molar-refractivity contribution in [1.82, 2.24) is 19.4 Å². The number of hydrogen-bond acceptors (Lipinski definition) is 8. The molecule has 1 aliphatic heterocycles. The van der Waals surface area contributed by atoms with Gasteiger partial charge in [-0.2, -0.15) is 4.98 Å². The summed E-state index contributed by atoms with van der Waals surface area (Å²) in [6.07, 6.45) is 0. The lowest BCUT2D eigenvalue weighted by Crippen LogP contribution is -2.51. The summed E-state index contributed by atoms with van der Waals surface area (Å²) in [6.45, 7) is 3.84. The summed E-state index contributed by atoms with van der Waals surface area (Å²) in [4.78, 5) is 26.2. The van der Waals surface area contributed by atoms with E-state index in [-0.39, 0.29) is 28.6 Å². The predicted molar refractivity (Wildman–Crippen MR) is 143 cm³/mol. The molecule has 1 atom stereocenters. The van der Waals surface area contributed by atoms with Gasteiger partial charge >= 0.3 is 5.69 Å². The van der Waals surface area contributed by atoms with Gasteiger partial charge in [0.05, 0.1) is 22.4 Å². The lowest BCUT2D eigenvalue weighted by atomic mass is 10.1. The molecule has 5 rings (SSSR count). The Hall–Kier alpha value is -3.94. The highest BCUT2D eigenvalue weighted by Crippen LogP contribution is 2.35. The maximum absolute atomic E-state index is 15.6. The highest BCUT2D eigenvalue weighted by Gasteiger charge is 2.28. The van der Waals surface area contributed by atoms with Gasteiger partial charge in [0.1, 0.15) is 23.1 Å². The van der Waals surface area contributed by atoms with Crippen molar-refractivity contribution in [2.24, 2.45) is 5.14 Å². The average Bonchev–Trinajstić information content (AvgIpc) is 2.83. The Morgan fingerprint density at radius 2 is 1.82 bits per heavy atom. The SMILES string of the molecule is C[C@@H]1CN(C)CCN1c1nc(=O)n(-c2cccc(CS(N)(=O)=O)c2)c2nc(-c3c(O)cccc3F)c(F)cc12. The van der Waals surface area contributed by atoms with E-state index in [0.29, 0.717) is 25.2 Å². The van der Waals surface area contributed by atoms with E-state index in [9.17, 15) is 22.7 Å². The number of pyridine rings is 1. The van der Waals surface area contributed by atoms with E-state index in [1.165, 1.54) is 30.3 Å². The zero-order valence-electron chi connectivity index (χ0n) is 21.2. The number of phenolic OH excluding ortho intramolecular Hbond substituents is 1. The van der Waals surface area contributed by atoms with Gasteiger partial charge in [0.25, 0.3) is 0 Å². The number of halogens is 2. The van der Waals surface area contributed by atoms with E-state index < -0.39 is 50.1 Å². The standard InChI is InChI=1S/C26H26F2N6O4S/c1-15-13-32(2)9-10-33(15)24-18-12-20(28)23(22-19(27)7-4-8-21(22)35)30-25(18)34(26(36)31-24)17-6-3-5-16(11-17)14-39(29,37)38/h3-8,11-12,15,35H,9-10,13-14H2,1-2H3,(H2,29,37,38)/t15-/m1/s1. The molecular formula is C26H26F2N6O4S. The molecule has 0 saturated carbocycles. The summed E-state index contributed by atoms with van der Waals surface area (Å²) in [5.41, 5.74) is -1.22. The molecule has 1 aliphatic rings. The van der Waals surface area contributed by atoms with E-state index in [4.69, 9.17) is 5.14 Å². The van der Waals surface area contributed by atoms with Crippen molar-refractivity contribution in [3.8, 4) is 22.7 Å². The van der Waals surface area contributed by atoms with E-state index in [1.54, 1.807) is 6.07 Å². The normalized spacial score (nSPS) is 16.6. The van der Waals surface area contributed by atoms with Crippen LogP contribution in [0.4, 0.5) is 14.6 Å². The highest BCUT2D eigenvalue weighted by molar-refractivity contribution is 7.88. The van der Waals surface area contributed by atoms with Gasteiger partial charge in [-0.05, 0) is 49.9 Å². The molecule has 0 spiro atoms. The third-order valence-corrected chi connectivity index (χ3v) is 7.40. The molecule has 3 heterocycles. The van der Waals surface area contributed by atoms with Gasteiger partial charge < -0.3 is 14.9 Å². The smallest absolute Gasteiger partial charge is 0.355 e. The number of phenols is 1. The van der Waals surface area contributed by atoms with Crippen molar-refractivity contribution < 1.29 is 22.3 Å². The third kappa shape index (κ3) is 5.20. The van der Waals surface area contributed by atoms with Gasteiger partial charge in [0.2, 0.25) is 10.0 Å². The fourth-order valence-electron chi connectivity index (χ4n) is 4.95. The number of benzene rings is 2. The quantitative estimate of drug-likeness (QED) is 0.383. The topological polar surface area (TPSA) is 135 Å². The van der Waals surface area contributed by atoms with Crippen molar-refractivity contribution in [2.75, 3.05) is 31.6 Å². The van der Waals surface area contributed by atoms with Crippen LogP contribution in [0.25, 0.3) is 28.0 Å². The van der Waals surface area contributed by atoms with Gasteiger partial charge in [-0.15, -0.1) is 0 Å². The number of likely N-dealkylation sites (N-methyl/N-ethyl adjacent to an activating group) is 1. The van der Waals surface area contributed by atoms with Gasteiger partial charge in [-0.3, -0.25) is 0 Å². The van der Waals surface area contributed by atoms with Crippen LogP contribution in [0.3, 0.4) is 0 Å². The van der Waals surface area contributed by atoms with Gasteiger partial charge in [-0.25, -0.2) is 36.7 Å². The minimum absolute atomic E-state index is 0.0389. The molecule has 39 heavy (non-hydrogen) atoms. The zero-order chi connectivity index (χ0) is 28.1. The number of anilines is 1. The van der Waals surface area contributed by atoms with Crippen molar-refractivity contribution in [2.45, 2.75) is 18.7 Å². The first-order chi connectivity index (χ1) is 18.4. The molecule has 0 unspecified atom stereocenters. The molecule has 0 aliphatic carbocycles. The number of nitrogens with zero attached hydrogens (tertiary/aromatic N) is 5. The molecule has 0 amide bonds. The van der Waals surface area contributed by atoms with Crippen LogP contribution in [0.1, 0.15) is 12.5 Å². The molecule has 1 fully saturated rings. The average molecular weight is 557 g/mol. The second kappa shape index (κ2) is 9.98. The van der Waals surface area contributed by atoms with Crippen LogP contribution in [0.5, 0.6) is 5.75 Å². The molecule has 3 N–H and O–H groups in total. The number of piperazine rings is 1. The molecule has 0 bridgehead atoms. The van der Waals surface area contributed by atoms with Crippen LogP contribution in [0.2, 0.25) is 0 Å². The first kappa shape index (κ1) is 26.7. The first-order valence-electron chi connectivity index (χ1n) is 12.1. The number of primary sulfonamides is 1. The second-order valence-corrected chi connectivity index (χ2v) is 11.3. The predicted octanol–water partition coefficient (Wildman–Crippen LogP) is 2.36. The molecule has 13 heteroatoms. The number of nitrogens with two attached hydrogens (primary N) is 1. The van der Waals surface area contributed by atoms with E-state index in [0.717, 1.165) is 16.7 Å². The van der Waals surface area contributed by atoms with Crippen LogP contribution in [0.15, 0.2) is 53.3 Å². The molecular weight excluding hydrogens is 530 g/mol. The summed E-state index contributed by atoms with van der Waals surface area (Å²) in [5, 5.41) is 15.7. The van der Waals surface area contributed by atoms with E-state index in [1.807, 2.05) is 18.9 Å². The minimum atomic E-state index is -3.87. The summed E-state index contributed by atoms with van der Waals surface area (Å²) in [7, 11) is -1.89. The number of fused-ring (bicyclic) bond motifs is 1. The molecule has 204 valence electrons. The first-order valence-corrected chi connectivity index (χ1v) is 13.8. The largest absolute Gasteiger partial charge is 0.507 e. The van der Waals surface area contributed by atoms with E-state index in [2.05, 4.69) is 14.9 Å². The Morgan fingerprint density at radius 3 is 2.51 bits per heavy atom. The number of aromatic nitrogens is 3. The maximum Gasteiger partial charge on any atom is 0.355 e. The van der Waals surface area contributed by atoms with Crippen LogP contribution in [0, 0.1) is 11.6 Å². The second-order valence-electron chi connectivity index (χ2n) is 9.66. The van der Waals surface area contributed by atoms with Crippen LogP contribution in [-0.4, -0.2) is 65.7 Å². The number of sulfonamides is 1.